The number of carboxylic acids is 1. The smallest absolute Gasteiger partial charge is 0.335 e. The van der Waals surface area contributed by atoms with Crippen LogP contribution in [0.3, 0.4) is 0 Å². The molecule has 0 aromatic rings. The molecule has 9 aliphatic rings. The highest BCUT2D eigenvalue weighted by Crippen LogP contribution is 2.76. The van der Waals surface area contributed by atoms with Crippen LogP contribution in [0.5, 0.6) is 0 Å². The number of hydrogen-bond acceptors (Lipinski definition) is 21. The number of allylic oxidation sites excluding steroid dienone is 2. The molecule has 0 bridgehead atoms. The van der Waals surface area contributed by atoms with Gasteiger partial charge in [-0.15, -0.1) is 0 Å². The van der Waals surface area contributed by atoms with Crippen LogP contribution in [-0.2, 0) is 47.5 Å². The maximum Gasteiger partial charge on any atom is 0.335 e. The summed E-state index contributed by atoms with van der Waals surface area (Å²) < 4.78 is 48.3. The third kappa shape index (κ3) is 9.17. The van der Waals surface area contributed by atoms with Gasteiger partial charge >= 0.3 is 11.9 Å². The number of carbonyl (C=O) groups is 2. The molecule has 0 aromatic heterocycles. The number of aliphatic hydroxyl groups is 11. The summed E-state index contributed by atoms with van der Waals surface area (Å²) in [6, 6.07) is 0. The molecular formula is C53H84O22. The molecule has 12 N–H and O–H groups in total. The van der Waals surface area contributed by atoms with Crippen molar-refractivity contribution in [2.75, 3.05) is 6.61 Å². The van der Waals surface area contributed by atoms with E-state index < -0.39 is 175 Å². The normalized spacial score (nSPS) is 54.5. The van der Waals surface area contributed by atoms with Crippen LogP contribution in [0.4, 0.5) is 0 Å². The summed E-state index contributed by atoms with van der Waals surface area (Å²) in [5.41, 5.74) is -2.52. The Morgan fingerprint density at radius 1 is 0.600 bits per heavy atom. The molecule has 0 unspecified atom stereocenters. The van der Waals surface area contributed by atoms with Crippen LogP contribution in [0, 0.1) is 50.2 Å². The lowest BCUT2D eigenvalue weighted by Gasteiger charge is -2.71. The second kappa shape index (κ2) is 20.2. The van der Waals surface area contributed by atoms with Gasteiger partial charge in [-0.05, 0) is 116 Å². The van der Waals surface area contributed by atoms with Crippen molar-refractivity contribution < 1.29 is 109 Å². The number of aliphatic carboxylic acids is 1. The van der Waals surface area contributed by atoms with Crippen molar-refractivity contribution in [2.24, 2.45) is 50.2 Å². The van der Waals surface area contributed by atoms with Crippen molar-refractivity contribution in [3.05, 3.63) is 11.6 Å². The summed E-state index contributed by atoms with van der Waals surface area (Å²) in [6.45, 7) is 17.7. The van der Waals surface area contributed by atoms with E-state index in [0.29, 0.717) is 32.1 Å². The van der Waals surface area contributed by atoms with Gasteiger partial charge in [0.25, 0.3) is 0 Å². The Labute approximate surface area is 437 Å². The maximum atomic E-state index is 15.6. The van der Waals surface area contributed by atoms with E-state index in [2.05, 4.69) is 54.5 Å². The van der Waals surface area contributed by atoms with Crippen LogP contribution in [0.25, 0.3) is 0 Å². The Hall–Kier alpha value is -2.04. The van der Waals surface area contributed by atoms with Gasteiger partial charge in [-0.3, -0.25) is 4.79 Å². The number of esters is 1. The molecule has 0 aromatic carbocycles. The minimum Gasteiger partial charge on any atom is -0.479 e. The number of fused-ring (bicyclic) bond motifs is 7. The number of carbonyl (C=O) groups excluding carboxylic acids is 1. The van der Waals surface area contributed by atoms with Gasteiger partial charge in [0, 0.05) is 0 Å². The van der Waals surface area contributed by atoms with E-state index in [1.54, 1.807) is 0 Å². The van der Waals surface area contributed by atoms with Crippen LogP contribution in [0.2, 0.25) is 0 Å². The minimum atomic E-state index is -1.86. The monoisotopic (exact) mass is 1070 g/mol. The molecule has 0 amide bonds. The number of ether oxygens (including phenoxy) is 8. The van der Waals surface area contributed by atoms with Gasteiger partial charge in [-0.25, -0.2) is 4.79 Å². The molecule has 4 saturated carbocycles. The molecule has 4 heterocycles. The largest absolute Gasteiger partial charge is 0.479 e. The molecule has 22 heteroatoms. The van der Waals surface area contributed by atoms with E-state index in [9.17, 15) is 66.1 Å². The van der Waals surface area contributed by atoms with Crippen molar-refractivity contribution in [3.63, 3.8) is 0 Å². The lowest BCUT2D eigenvalue weighted by molar-refractivity contribution is -0.376. The van der Waals surface area contributed by atoms with Crippen LogP contribution in [-0.4, -0.2) is 209 Å². The number of aliphatic hydroxyl groups excluding tert-OH is 11. The van der Waals surface area contributed by atoms with E-state index in [1.807, 2.05) is 0 Å². The SMILES string of the molecule is C[C@H]1O[C@H](O[C@H]2[C@H](O[C@@H]3O[C@H](C)[C@@H](O)[C@H](O)[C@H]3O)[C@@H](OC(=O)[C@]34CCC(C)(C)C[C@H]3C3=CC[C@@H]5[C@]6(C)CC[C@H](O[C@H]7O[C@@H](C(=O)O)[C@@H](O)[C@@H](O)[C@@H]7O)C(C)(C)[C@H]6CC[C@]5(C)[C@@]3(C)C[C@H]4O)OC[C@H]2O)[C@@H](O)[C@H](O)[C@H]1O. The summed E-state index contributed by atoms with van der Waals surface area (Å²) in [7, 11) is 0. The summed E-state index contributed by atoms with van der Waals surface area (Å²) in [5, 5.41) is 130. The lowest BCUT2D eigenvalue weighted by atomic mass is 9.33. The summed E-state index contributed by atoms with van der Waals surface area (Å²) in [4.78, 5) is 27.5. The summed E-state index contributed by atoms with van der Waals surface area (Å²) in [6.07, 6.45) is -25.3. The van der Waals surface area contributed by atoms with Gasteiger partial charge in [0.05, 0.1) is 31.0 Å². The van der Waals surface area contributed by atoms with E-state index in [-0.39, 0.29) is 35.5 Å². The molecule has 428 valence electrons. The van der Waals surface area contributed by atoms with Gasteiger partial charge in [-0.2, -0.15) is 0 Å². The van der Waals surface area contributed by atoms with Crippen molar-refractivity contribution >= 4 is 11.9 Å². The van der Waals surface area contributed by atoms with E-state index in [1.165, 1.54) is 13.8 Å². The van der Waals surface area contributed by atoms with Crippen molar-refractivity contribution in [2.45, 2.75) is 249 Å². The highest BCUT2D eigenvalue weighted by Gasteiger charge is 2.72. The maximum absolute atomic E-state index is 15.6. The first-order valence-electron chi connectivity index (χ1n) is 27.0. The molecule has 9 rings (SSSR count). The highest BCUT2D eigenvalue weighted by molar-refractivity contribution is 5.80. The first-order valence-corrected chi connectivity index (χ1v) is 27.0. The van der Waals surface area contributed by atoms with Crippen LogP contribution >= 0.6 is 0 Å². The first-order chi connectivity index (χ1) is 34.9. The zero-order valence-electron chi connectivity index (χ0n) is 44.5. The van der Waals surface area contributed by atoms with E-state index in [0.717, 1.165) is 18.4 Å². The molecule has 4 saturated heterocycles. The number of rotatable bonds is 9. The Balaban J connectivity index is 1.01. The fraction of sp³-hybridized carbons (Fsp3) is 0.925. The molecule has 0 spiro atoms. The average Bonchev–Trinajstić information content (AvgIpc) is 3.36. The van der Waals surface area contributed by atoms with Crippen LogP contribution < -0.4 is 0 Å². The average molecular weight is 1070 g/mol. The molecule has 5 aliphatic carbocycles. The van der Waals surface area contributed by atoms with Gasteiger partial charge < -0.3 is 99.2 Å². The Bertz CT molecular complexity index is 2140. The zero-order valence-corrected chi connectivity index (χ0v) is 44.5. The molecular weight excluding hydrogens is 989 g/mol. The lowest BCUT2D eigenvalue weighted by Crippen LogP contribution is -2.68. The molecule has 8 fully saturated rings. The van der Waals surface area contributed by atoms with Crippen molar-refractivity contribution in [3.8, 4) is 0 Å². The second-order valence-electron chi connectivity index (χ2n) is 25.9. The predicted molar refractivity (Wildman–Crippen MR) is 256 cm³/mol. The summed E-state index contributed by atoms with van der Waals surface area (Å²) >= 11 is 0. The van der Waals surface area contributed by atoms with Gasteiger partial charge in [0.2, 0.25) is 6.29 Å². The van der Waals surface area contributed by atoms with Gasteiger partial charge in [0.15, 0.2) is 31.1 Å². The number of hydrogen-bond donors (Lipinski definition) is 12. The fourth-order valence-corrected chi connectivity index (χ4v) is 16.2. The molecule has 0 radical (unpaired) electrons. The highest BCUT2D eigenvalue weighted by atomic mass is 16.8. The van der Waals surface area contributed by atoms with Crippen molar-refractivity contribution in [1.29, 1.82) is 0 Å². The van der Waals surface area contributed by atoms with Crippen LogP contribution in [0.15, 0.2) is 11.6 Å². The third-order valence-corrected chi connectivity index (χ3v) is 20.9. The first kappa shape index (κ1) is 57.6. The van der Waals surface area contributed by atoms with E-state index in [4.69, 9.17) is 37.9 Å². The Morgan fingerprint density at radius 3 is 1.75 bits per heavy atom. The fourth-order valence-electron chi connectivity index (χ4n) is 16.2. The number of carboxylic acid groups (broad SMARTS) is 1. The molecule has 28 atom stereocenters. The Kier molecular flexibility index (Phi) is 15.5. The van der Waals surface area contributed by atoms with Crippen molar-refractivity contribution in [1.82, 2.24) is 0 Å². The zero-order chi connectivity index (χ0) is 55.0. The molecule has 22 nitrogen and oxygen atoms in total. The van der Waals surface area contributed by atoms with Gasteiger partial charge in [0.1, 0.15) is 72.6 Å². The third-order valence-electron chi connectivity index (χ3n) is 20.9. The Morgan fingerprint density at radius 2 is 1.16 bits per heavy atom. The standard InChI is InChI=1S/C53H84O22/c1-21-30(56)32(58)36(62)43(69-21)72-39-25(54)20-68-46(41(39)74-44-37(63)33(59)31(57)22(2)70-44)75-47(67)53-17-16-48(3,4)18-24(53)23-10-11-27-50(7)14-13-29(71-45-38(64)34(60)35(61)40(73-45)42(65)66)49(5,6)26(50)12-15-51(27,8)52(23,9)19-28(53)55/h10,21-22,24-41,43-46,54-64H,11-20H2,1-9H3,(H,65,66)/t21-,22-,24+,25-,26-,27-,28-,29+,30+,31-,32-,33+,34-,35+,36+,37-,38+,39-,40-,41+,43-,44+,45+,46-,50-,51+,52+,53-/m1/s1. The van der Waals surface area contributed by atoms with Gasteiger partial charge in [-0.1, -0.05) is 60.1 Å². The molecule has 4 aliphatic heterocycles. The minimum absolute atomic E-state index is 0.0738. The molecule has 75 heavy (non-hydrogen) atoms. The van der Waals surface area contributed by atoms with Crippen LogP contribution in [0.1, 0.15) is 120 Å². The van der Waals surface area contributed by atoms with E-state index >= 15 is 4.79 Å². The predicted octanol–water partition coefficient (Wildman–Crippen LogP) is -0.278. The topological polar surface area (TPSA) is 351 Å². The second-order valence-corrected chi connectivity index (χ2v) is 25.9. The quantitative estimate of drug-likeness (QED) is 0.0803. The summed E-state index contributed by atoms with van der Waals surface area (Å²) in [5.74, 6) is -2.63.